The molecule has 3 aromatic rings. The summed E-state index contributed by atoms with van der Waals surface area (Å²) in [6.07, 6.45) is -2.24. The highest BCUT2D eigenvalue weighted by atomic mass is 32.1. The van der Waals surface area contributed by atoms with Crippen LogP contribution in [0.5, 0.6) is 5.75 Å². The number of fused-ring (bicyclic) bond motifs is 1. The number of hydrazine groups is 1. The van der Waals surface area contributed by atoms with Crippen molar-refractivity contribution in [2.45, 2.75) is 31.2 Å². The van der Waals surface area contributed by atoms with Gasteiger partial charge < -0.3 is 19.8 Å². The number of nitrogens with one attached hydrogen (secondary N) is 4. The van der Waals surface area contributed by atoms with Crippen LogP contribution in [0, 0.1) is 0 Å². The molecule has 1 aliphatic heterocycles. The lowest BCUT2D eigenvalue weighted by Crippen LogP contribution is -2.46. The van der Waals surface area contributed by atoms with Gasteiger partial charge in [0.25, 0.3) is 5.91 Å². The van der Waals surface area contributed by atoms with Gasteiger partial charge in [-0.15, -0.1) is 0 Å². The molecule has 34 heavy (non-hydrogen) atoms. The monoisotopic (exact) mass is 494 g/mol. The van der Waals surface area contributed by atoms with E-state index in [4.69, 9.17) is 21.4 Å². The Labute approximate surface area is 197 Å². The van der Waals surface area contributed by atoms with Crippen molar-refractivity contribution in [3.05, 3.63) is 65.7 Å². The third-order valence-electron chi connectivity index (χ3n) is 5.29. The number of alkyl halides is 3. The Morgan fingerprint density at radius 1 is 1.29 bits per heavy atom. The maximum Gasteiger partial charge on any atom is 0.410 e. The highest BCUT2D eigenvalue weighted by Gasteiger charge is 2.47. The van der Waals surface area contributed by atoms with E-state index < -0.39 is 24.2 Å². The standard InChI is InChI=1S/C21H21F3N6O3S/c1-32-13-6-4-12(5-7-13)16-9-17(21(22,23)24)30-18(27-16)15(11-26-30)19(31)28-29-20(34)25-10-14-3-2-8-33-14/h2-8,11,16-17,27H,9-10H2,1H3,(H,28,31)(H2,25,29,34)/t16-,17-/m0/s1. The van der Waals surface area contributed by atoms with Crippen molar-refractivity contribution < 1.29 is 27.1 Å². The van der Waals surface area contributed by atoms with Crippen LogP contribution in [0.1, 0.15) is 40.2 Å². The van der Waals surface area contributed by atoms with Gasteiger partial charge in [-0.2, -0.15) is 18.3 Å². The number of anilines is 1. The fraction of sp³-hybridized carbons (Fsp3) is 0.286. The number of hydrogen-bond donors (Lipinski definition) is 4. The van der Waals surface area contributed by atoms with Gasteiger partial charge in [0.2, 0.25) is 0 Å². The molecule has 2 aromatic heterocycles. The molecule has 4 N–H and O–H groups in total. The average molecular weight is 494 g/mol. The molecule has 0 fully saturated rings. The first-order valence-corrected chi connectivity index (χ1v) is 10.6. The topological polar surface area (TPSA) is 105 Å². The summed E-state index contributed by atoms with van der Waals surface area (Å²) in [6, 6.07) is 7.56. The number of ether oxygens (including phenoxy) is 1. The lowest BCUT2D eigenvalue weighted by Gasteiger charge is -2.34. The van der Waals surface area contributed by atoms with Crippen LogP contribution in [-0.2, 0) is 6.54 Å². The zero-order chi connectivity index (χ0) is 24.3. The van der Waals surface area contributed by atoms with Crippen molar-refractivity contribution in [1.82, 2.24) is 25.9 Å². The quantitative estimate of drug-likeness (QED) is 0.316. The Morgan fingerprint density at radius 2 is 2.06 bits per heavy atom. The van der Waals surface area contributed by atoms with E-state index in [1.54, 1.807) is 36.4 Å². The first-order valence-electron chi connectivity index (χ1n) is 10.2. The number of thiocarbonyl (C=S) groups is 1. The molecule has 3 heterocycles. The fourth-order valence-corrected chi connectivity index (χ4v) is 3.71. The number of halogens is 3. The molecule has 0 saturated carbocycles. The number of amides is 1. The predicted molar refractivity (Wildman–Crippen MR) is 120 cm³/mol. The van der Waals surface area contributed by atoms with Gasteiger partial charge in [0.15, 0.2) is 11.2 Å². The Kier molecular flexibility index (Phi) is 6.63. The smallest absolute Gasteiger partial charge is 0.410 e. The van der Waals surface area contributed by atoms with Crippen LogP contribution in [0.15, 0.2) is 53.3 Å². The number of aromatic nitrogens is 2. The summed E-state index contributed by atoms with van der Waals surface area (Å²) in [7, 11) is 1.50. The van der Waals surface area contributed by atoms with E-state index in [1.165, 1.54) is 13.4 Å². The highest BCUT2D eigenvalue weighted by molar-refractivity contribution is 7.80. The van der Waals surface area contributed by atoms with Gasteiger partial charge in [0.1, 0.15) is 22.9 Å². The number of furan rings is 1. The van der Waals surface area contributed by atoms with Crippen molar-refractivity contribution in [3.63, 3.8) is 0 Å². The minimum absolute atomic E-state index is 0.0387. The van der Waals surface area contributed by atoms with Gasteiger partial charge in [0.05, 0.1) is 32.2 Å². The van der Waals surface area contributed by atoms with Crippen LogP contribution in [0.25, 0.3) is 0 Å². The van der Waals surface area contributed by atoms with E-state index in [9.17, 15) is 18.0 Å². The first kappa shape index (κ1) is 23.4. The molecule has 1 aromatic carbocycles. The van der Waals surface area contributed by atoms with Gasteiger partial charge >= 0.3 is 6.18 Å². The zero-order valence-electron chi connectivity index (χ0n) is 17.8. The molecule has 9 nitrogen and oxygen atoms in total. The number of carbonyl (C=O) groups is 1. The predicted octanol–water partition coefficient (Wildman–Crippen LogP) is 3.45. The Hall–Kier alpha value is -3.74. The molecule has 13 heteroatoms. The van der Waals surface area contributed by atoms with Gasteiger partial charge in [-0.05, 0) is 42.0 Å². The van der Waals surface area contributed by atoms with Crippen LogP contribution in [-0.4, -0.2) is 34.1 Å². The molecule has 1 amide bonds. The van der Waals surface area contributed by atoms with E-state index in [-0.39, 0.29) is 29.5 Å². The van der Waals surface area contributed by atoms with E-state index >= 15 is 0 Å². The van der Waals surface area contributed by atoms with E-state index in [1.807, 2.05) is 0 Å². The van der Waals surface area contributed by atoms with Crippen LogP contribution in [0.4, 0.5) is 19.0 Å². The molecule has 0 spiro atoms. The molecule has 0 saturated heterocycles. The number of benzene rings is 1. The van der Waals surface area contributed by atoms with Gasteiger partial charge in [0, 0.05) is 6.42 Å². The summed E-state index contributed by atoms with van der Waals surface area (Å²) in [4.78, 5) is 12.7. The van der Waals surface area contributed by atoms with Crippen molar-refractivity contribution in [2.75, 3.05) is 12.4 Å². The van der Waals surface area contributed by atoms with Crippen molar-refractivity contribution in [2.24, 2.45) is 0 Å². The van der Waals surface area contributed by atoms with Gasteiger partial charge in [-0.25, -0.2) is 4.68 Å². The molecule has 2 atom stereocenters. The Balaban J connectivity index is 1.49. The third kappa shape index (κ3) is 5.09. The number of methoxy groups -OCH3 is 1. The largest absolute Gasteiger partial charge is 0.497 e. The van der Waals surface area contributed by atoms with E-state index in [0.29, 0.717) is 17.1 Å². The lowest BCUT2D eigenvalue weighted by molar-refractivity contribution is -0.173. The maximum atomic E-state index is 13.8. The molecular formula is C21H21F3N6O3S. The summed E-state index contributed by atoms with van der Waals surface area (Å²) in [5.74, 6) is 0.475. The third-order valence-corrected chi connectivity index (χ3v) is 5.54. The summed E-state index contributed by atoms with van der Waals surface area (Å²) < 4.78 is 52.6. The summed E-state index contributed by atoms with van der Waals surface area (Å²) in [5, 5.41) is 9.80. The maximum absolute atomic E-state index is 13.8. The molecule has 0 aliphatic carbocycles. The SMILES string of the molecule is COc1ccc([C@@H]2C[C@@H](C(F)(F)F)n3ncc(C(=O)NNC(=S)NCc4ccco4)c3N2)cc1. The second kappa shape index (κ2) is 9.63. The second-order valence-electron chi connectivity index (χ2n) is 7.46. The van der Waals surface area contributed by atoms with Crippen molar-refractivity contribution >= 4 is 29.1 Å². The van der Waals surface area contributed by atoms with Crippen molar-refractivity contribution in [3.8, 4) is 5.75 Å². The molecule has 180 valence electrons. The molecule has 1 aliphatic rings. The lowest BCUT2D eigenvalue weighted by atomic mass is 9.96. The Morgan fingerprint density at radius 3 is 2.71 bits per heavy atom. The molecule has 0 radical (unpaired) electrons. The Bertz CT molecular complexity index is 1150. The average Bonchev–Trinajstić information content (AvgIpc) is 3.50. The van der Waals surface area contributed by atoms with E-state index in [0.717, 1.165) is 10.9 Å². The van der Waals surface area contributed by atoms with E-state index in [2.05, 4.69) is 26.6 Å². The summed E-state index contributed by atoms with van der Waals surface area (Å²) >= 11 is 5.09. The molecule has 0 unspecified atom stereocenters. The number of hydrogen-bond acceptors (Lipinski definition) is 6. The van der Waals surface area contributed by atoms with Crippen LogP contribution < -0.4 is 26.2 Å². The minimum Gasteiger partial charge on any atom is -0.497 e. The number of rotatable bonds is 5. The highest BCUT2D eigenvalue weighted by Crippen LogP contribution is 2.44. The van der Waals surface area contributed by atoms with Crippen LogP contribution in [0.3, 0.4) is 0 Å². The van der Waals surface area contributed by atoms with Gasteiger partial charge in [-0.1, -0.05) is 12.1 Å². The molecular weight excluding hydrogens is 473 g/mol. The minimum atomic E-state index is -4.56. The first-order chi connectivity index (χ1) is 16.3. The number of nitrogens with zero attached hydrogens (tertiary/aromatic N) is 2. The van der Waals surface area contributed by atoms with Crippen molar-refractivity contribution in [1.29, 1.82) is 0 Å². The van der Waals surface area contributed by atoms with Crippen LogP contribution in [0.2, 0.25) is 0 Å². The van der Waals surface area contributed by atoms with Crippen LogP contribution >= 0.6 is 12.2 Å². The summed E-state index contributed by atoms with van der Waals surface area (Å²) in [5.41, 5.74) is 5.45. The van der Waals surface area contributed by atoms with Gasteiger partial charge in [-0.3, -0.25) is 15.6 Å². The number of carbonyl (C=O) groups excluding carboxylic acids is 1. The molecule has 0 bridgehead atoms. The fourth-order valence-electron chi connectivity index (χ4n) is 3.59. The second-order valence-corrected chi connectivity index (χ2v) is 7.86. The molecule has 4 rings (SSSR count). The summed E-state index contributed by atoms with van der Waals surface area (Å²) in [6.45, 7) is 0.288. The normalized spacial score (nSPS) is 17.3. The zero-order valence-corrected chi connectivity index (χ0v) is 18.7.